The van der Waals surface area contributed by atoms with Crippen LogP contribution in [0.25, 0.3) is 6.08 Å². The van der Waals surface area contributed by atoms with E-state index in [2.05, 4.69) is 45.2 Å². The van der Waals surface area contributed by atoms with Crippen LogP contribution >= 0.6 is 80.8 Å². The molecule has 1 saturated heterocycles. The molecule has 0 aromatic heterocycles. The molecule has 0 radical (unpaired) electrons. The highest BCUT2D eigenvalue weighted by atomic mass is 127. The summed E-state index contributed by atoms with van der Waals surface area (Å²) in [6.45, 7) is 0. The number of amides is 1. The number of halogens is 3. The van der Waals surface area contributed by atoms with E-state index in [-0.39, 0.29) is 5.91 Å². The van der Waals surface area contributed by atoms with Gasteiger partial charge >= 0.3 is 0 Å². The van der Waals surface area contributed by atoms with Crippen LogP contribution in [0.5, 0.6) is 5.75 Å². The number of ether oxygens (including phenoxy) is 1. The van der Waals surface area contributed by atoms with E-state index in [0.29, 0.717) is 19.9 Å². The van der Waals surface area contributed by atoms with E-state index in [1.54, 1.807) is 25.3 Å². The Balaban J connectivity index is 2.02. The largest absolute Gasteiger partial charge is 0.495 e. The first-order valence-corrected chi connectivity index (χ1v) is 10.7. The van der Waals surface area contributed by atoms with Crippen molar-refractivity contribution in [1.29, 1.82) is 0 Å². The predicted molar refractivity (Wildman–Crippen MR) is 126 cm³/mol. The van der Waals surface area contributed by atoms with Crippen molar-refractivity contribution in [1.82, 2.24) is 0 Å². The number of anilines is 1. The van der Waals surface area contributed by atoms with Gasteiger partial charge in [0.25, 0.3) is 5.91 Å². The monoisotopic (exact) mass is 613 g/mol. The number of thioether (sulfide) groups is 1. The zero-order chi connectivity index (χ0) is 18.1. The van der Waals surface area contributed by atoms with Crippen molar-refractivity contribution in [3.05, 3.63) is 59.0 Å². The highest BCUT2D eigenvalue weighted by molar-refractivity contribution is 14.1. The summed E-state index contributed by atoms with van der Waals surface area (Å²) >= 11 is 17.2. The van der Waals surface area contributed by atoms with E-state index in [1.165, 1.54) is 16.7 Å². The summed E-state index contributed by atoms with van der Waals surface area (Å²) in [5, 5.41) is 0.560. The van der Waals surface area contributed by atoms with Crippen LogP contribution in [-0.4, -0.2) is 17.3 Å². The van der Waals surface area contributed by atoms with E-state index >= 15 is 0 Å². The fourth-order valence-corrected chi connectivity index (χ4v) is 5.93. The third-order valence-electron chi connectivity index (χ3n) is 3.39. The highest BCUT2D eigenvalue weighted by Crippen LogP contribution is 2.38. The quantitative estimate of drug-likeness (QED) is 0.243. The van der Waals surface area contributed by atoms with Gasteiger partial charge in [0.1, 0.15) is 5.75 Å². The van der Waals surface area contributed by atoms with Crippen LogP contribution in [0.15, 0.2) is 41.3 Å². The van der Waals surface area contributed by atoms with Crippen LogP contribution in [0, 0.1) is 7.14 Å². The van der Waals surface area contributed by atoms with Crippen LogP contribution in [0.3, 0.4) is 0 Å². The average Bonchev–Trinajstić information content (AvgIpc) is 2.81. The Labute approximate surface area is 187 Å². The second kappa shape index (κ2) is 8.12. The number of hydrogen-bond donors (Lipinski definition) is 0. The predicted octanol–water partition coefficient (Wildman–Crippen LogP) is 5.96. The molecule has 0 saturated carbocycles. The molecule has 1 aliphatic heterocycles. The minimum absolute atomic E-state index is 0.159. The standard InChI is InChI=1S/C17H10ClI2NO2S2/c1-23-15-9(5-11(19)8-13(15)20)6-14-16(22)21(17(24)25-14)12-4-2-3-10(18)7-12/h2-8H,1H3/b14-6+. The molecule has 1 heterocycles. The maximum Gasteiger partial charge on any atom is 0.270 e. The van der Waals surface area contributed by atoms with Gasteiger partial charge in [-0.1, -0.05) is 41.6 Å². The average molecular weight is 614 g/mol. The van der Waals surface area contributed by atoms with E-state index in [4.69, 9.17) is 28.6 Å². The summed E-state index contributed by atoms with van der Waals surface area (Å²) in [7, 11) is 1.62. The Hall–Kier alpha value is -0.360. The van der Waals surface area contributed by atoms with Gasteiger partial charge in [0.2, 0.25) is 0 Å². The normalized spacial score (nSPS) is 16.0. The van der Waals surface area contributed by atoms with Crippen LogP contribution in [0.1, 0.15) is 5.56 Å². The van der Waals surface area contributed by atoms with E-state index < -0.39 is 0 Å². The molecule has 0 N–H and O–H groups in total. The molecule has 25 heavy (non-hydrogen) atoms. The van der Waals surface area contributed by atoms with Gasteiger partial charge in [-0.05, 0) is 81.6 Å². The Morgan fingerprint density at radius 1 is 1.28 bits per heavy atom. The summed E-state index contributed by atoms with van der Waals surface area (Å²) in [5.74, 6) is 0.585. The third kappa shape index (κ3) is 4.15. The maximum absolute atomic E-state index is 12.9. The molecular formula is C17H10ClI2NO2S2. The summed E-state index contributed by atoms with van der Waals surface area (Å²) in [5.41, 5.74) is 1.52. The first-order chi connectivity index (χ1) is 11.9. The first-order valence-electron chi connectivity index (χ1n) is 6.97. The lowest BCUT2D eigenvalue weighted by atomic mass is 10.2. The van der Waals surface area contributed by atoms with E-state index in [0.717, 1.165) is 18.5 Å². The van der Waals surface area contributed by atoms with Gasteiger partial charge in [-0.25, -0.2) is 0 Å². The molecule has 0 bridgehead atoms. The summed E-state index contributed by atoms with van der Waals surface area (Å²) in [6, 6.07) is 11.1. The second-order valence-electron chi connectivity index (χ2n) is 5.01. The zero-order valence-corrected chi connectivity index (χ0v) is 19.5. The van der Waals surface area contributed by atoms with Crippen LogP contribution in [0.2, 0.25) is 5.02 Å². The van der Waals surface area contributed by atoms with Crippen molar-refractivity contribution in [3.8, 4) is 5.75 Å². The third-order valence-corrected chi connectivity index (χ3v) is 6.35. The van der Waals surface area contributed by atoms with Crippen molar-refractivity contribution >= 4 is 103 Å². The van der Waals surface area contributed by atoms with Gasteiger partial charge in [-0.15, -0.1) is 0 Å². The second-order valence-corrected chi connectivity index (χ2v) is 9.53. The molecular weight excluding hydrogens is 604 g/mol. The number of carbonyl (C=O) groups excluding carboxylic acids is 1. The summed E-state index contributed by atoms with van der Waals surface area (Å²) in [4.78, 5) is 14.9. The van der Waals surface area contributed by atoms with Crippen LogP contribution < -0.4 is 9.64 Å². The van der Waals surface area contributed by atoms with Crippen molar-refractivity contribution in [2.24, 2.45) is 0 Å². The van der Waals surface area contributed by atoms with Gasteiger partial charge < -0.3 is 4.74 Å². The number of methoxy groups -OCH3 is 1. The van der Waals surface area contributed by atoms with Crippen LogP contribution in [-0.2, 0) is 4.79 Å². The minimum Gasteiger partial charge on any atom is -0.495 e. The molecule has 0 spiro atoms. The molecule has 3 rings (SSSR count). The van der Waals surface area contributed by atoms with Gasteiger partial charge in [-0.2, -0.15) is 0 Å². The molecule has 3 nitrogen and oxygen atoms in total. The molecule has 1 fully saturated rings. The summed E-state index contributed by atoms with van der Waals surface area (Å²) in [6.07, 6.45) is 1.83. The van der Waals surface area contributed by atoms with Gasteiger partial charge in [0.15, 0.2) is 4.32 Å². The SMILES string of the molecule is COc1c(I)cc(I)cc1/C=C1/SC(=S)N(c2cccc(Cl)c2)C1=O. The lowest BCUT2D eigenvalue weighted by molar-refractivity contribution is -0.113. The molecule has 0 aliphatic carbocycles. The van der Waals surface area contributed by atoms with Crippen molar-refractivity contribution in [2.75, 3.05) is 12.0 Å². The maximum atomic E-state index is 12.9. The van der Waals surface area contributed by atoms with Crippen molar-refractivity contribution < 1.29 is 9.53 Å². The Bertz CT molecular complexity index is 918. The number of rotatable bonds is 3. The Kier molecular flexibility index (Phi) is 6.30. The number of hydrogen-bond acceptors (Lipinski definition) is 4. The van der Waals surface area contributed by atoms with Gasteiger partial charge in [-0.3, -0.25) is 9.69 Å². The molecule has 0 unspecified atom stereocenters. The van der Waals surface area contributed by atoms with Crippen LogP contribution in [0.4, 0.5) is 5.69 Å². The lowest BCUT2D eigenvalue weighted by Gasteiger charge is -2.14. The minimum atomic E-state index is -0.159. The van der Waals surface area contributed by atoms with Crippen molar-refractivity contribution in [2.45, 2.75) is 0 Å². The molecule has 2 aromatic rings. The van der Waals surface area contributed by atoms with Crippen molar-refractivity contribution in [3.63, 3.8) is 0 Å². The smallest absolute Gasteiger partial charge is 0.270 e. The number of thiocarbonyl (C=S) groups is 1. The fraction of sp³-hybridized carbons (Fsp3) is 0.0588. The summed E-state index contributed by atoms with van der Waals surface area (Å²) < 4.78 is 8.03. The van der Waals surface area contributed by atoms with Gasteiger partial charge in [0.05, 0.1) is 21.3 Å². The number of benzene rings is 2. The zero-order valence-electron chi connectivity index (χ0n) is 12.8. The molecule has 8 heteroatoms. The Morgan fingerprint density at radius 2 is 2.04 bits per heavy atom. The van der Waals surface area contributed by atoms with Gasteiger partial charge in [0, 0.05) is 14.2 Å². The topological polar surface area (TPSA) is 29.5 Å². The number of carbonyl (C=O) groups is 1. The van der Waals surface area contributed by atoms with E-state index in [1.807, 2.05) is 24.3 Å². The molecule has 128 valence electrons. The highest BCUT2D eigenvalue weighted by Gasteiger charge is 2.33. The lowest BCUT2D eigenvalue weighted by Crippen LogP contribution is -2.27. The molecule has 0 atom stereocenters. The fourth-order valence-electron chi connectivity index (χ4n) is 2.35. The Morgan fingerprint density at radius 3 is 2.72 bits per heavy atom. The molecule has 1 aliphatic rings. The molecule has 2 aromatic carbocycles. The number of nitrogens with zero attached hydrogens (tertiary/aromatic N) is 1. The first kappa shape index (κ1) is 19.4. The van der Waals surface area contributed by atoms with E-state index in [9.17, 15) is 4.79 Å². The molecule has 1 amide bonds.